The maximum absolute atomic E-state index is 12.3. The molecule has 1 aromatic heterocycles. The third-order valence-corrected chi connectivity index (χ3v) is 3.07. The zero-order valence-corrected chi connectivity index (χ0v) is 11.0. The molecule has 4 heteroatoms. The number of amides is 1. The summed E-state index contributed by atoms with van der Waals surface area (Å²) in [6.07, 6.45) is 4.74. The maximum atomic E-state index is 12.3. The molecule has 4 nitrogen and oxygen atoms in total. The molecule has 0 saturated heterocycles. The molecule has 0 aromatic carbocycles. The van der Waals surface area contributed by atoms with Crippen LogP contribution in [0, 0.1) is 0 Å². The standard InChI is InChI=1S/C13H23N3O/c1-4-6-7-16(10(3)5-2)13(17)12-8-11(14)9-15-12/h8-10,15H,4-7,14H2,1-3H3. The molecule has 0 aliphatic carbocycles. The molecule has 0 radical (unpaired) electrons. The van der Waals surface area contributed by atoms with E-state index in [1.807, 2.05) is 4.90 Å². The van der Waals surface area contributed by atoms with Crippen molar-refractivity contribution in [2.24, 2.45) is 0 Å². The number of unbranched alkanes of at least 4 members (excludes halogenated alkanes) is 1. The Bertz CT molecular complexity index is 359. The lowest BCUT2D eigenvalue weighted by molar-refractivity contribution is 0.0680. The molecule has 96 valence electrons. The Morgan fingerprint density at radius 2 is 2.24 bits per heavy atom. The van der Waals surface area contributed by atoms with Crippen molar-refractivity contribution in [3.8, 4) is 0 Å². The fraction of sp³-hybridized carbons (Fsp3) is 0.615. The van der Waals surface area contributed by atoms with Gasteiger partial charge in [-0.3, -0.25) is 4.79 Å². The van der Waals surface area contributed by atoms with Crippen LogP contribution in [0.2, 0.25) is 0 Å². The van der Waals surface area contributed by atoms with Gasteiger partial charge in [0.1, 0.15) is 5.69 Å². The Morgan fingerprint density at radius 3 is 2.71 bits per heavy atom. The lowest BCUT2D eigenvalue weighted by Crippen LogP contribution is -2.39. The second kappa shape index (κ2) is 6.33. The summed E-state index contributed by atoms with van der Waals surface area (Å²) in [7, 11) is 0. The predicted octanol–water partition coefficient (Wildman–Crippen LogP) is 2.64. The van der Waals surface area contributed by atoms with Crippen LogP contribution in [-0.4, -0.2) is 28.4 Å². The first-order valence-electron chi connectivity index (χ1n) is 6.35. The van der Waals surface area contributed by atoms with E-state index in [4.69, 9.17) is 5.73 Å². The highest BCUT2D eigenvalue weighted by Gasteiger charge is 2.20. The van der Waals surface area contributed by atoms with E-state index in [0.717, 1.165) is 25.8 Å². The van der Waals surface area contributed by atoms with Crippen molar-refractivity contribution in [3.63, 3.8) is 0 Å². The van der Waals surface area contributed by atoms with Crippen molar-refractivity contribution >= 4 is 11.6 Å². The van der Waals surface area contributed by atoms with Crippen molar-refractivity contribution in [1.82, 2.24) is 9.88 Å². The number of hydrogen-bond acceptors (Lipinski definition) is 2. The first-order chi connectivity index (χ1) is 8.10. The van der Waals surface area contributed by atoms with Crippen LogP contribution in [-0.2, 0) is 0 Å². The number of hydrogen-bond donors (Lipinski definition) is 2. The summed E-state index contributed by atoms with van der Waals surface area (Å²) in [5.41, 5.74) is 6.81. The SMILES string of the molecule is CCCCN(C(=O)c1cc(N)c[nH]1)C(C)CC. The molecule has 0 aliphatic rings. The van der Waals surface area contributed by atoms with Crippen LogP contribution in [0.4, 0.5) is 5.69 Å². The number of carbonyl (C=O) groups excluding carboxylic acids is 1. The average Bonchev–Trinajstić information content (AvgIpc) is 2.75. The molecule has 17 heavy (non-hydrogen) atoms. The van der Waals surface area contributed by atoms with Gasteiger partial charge in [0.15, 0.2) is 0 Å². The monoisotopic (exact) mass is 237 g/mol. The Balaban J connectivity index is 2.78. The number of nitrogens with one attached hydrogen (secondary N) is 1. The van der Waals surface area contributed by atoms with Crippen LogP contribution >= 0.6 is 0 Å². The van der Waals surface area contributed by atoms with Gasteiger partial charge in [-0.15, -0.1) is 0 Å². The molecule has 1 aromatic rings. The number of aromatic amines is 1. The van der Waals surface area contributed by atoms with E-state index in [1.165, 1.54) is 0 Å². The molecule has 1 amide bonds. The van der Waals surface area contributed by atoms with Crippen molar-refractivity contribution in [2.45, 2.75) is 46.1 Å². The smallest absolute Gasteiger partial charge is 0.270 e. The number of rotatable bonds is 6. The van der Waals surface area contributed by atoms with Gasteiger partial charge in [0.05, 0.1) is 0 Å². The van der Waals surface area contributed by atoms with E-state index in [9.17, 15) is 4.79 Å². The number of H-pyrrole nitrogens is 1. The number of nitrogens with two attached hydrogens (primary N) is 1. The van der Waals surface area contributed by atoms with Crippen LogP contribution in [0.3, 0.4) is 0 Å². The molecule has 3 N–H and O–H groups in total. The highest BCUT2D eigenvalue weighted by atomic mass is 16.2. The zero-order valence-electron chi connectivity index (χ0n) is 11.0. The van der Waals surface area contributed by atoms with Crippen LogP contribution in [0.15, 0.2) is 12.3 Å². The minimum absolute atomic E-state index is 0.0458. The fourth-order valence-corrected chi connectivity index (χ4v) is 1.76. The summed E-state index contributed by atoms with van der Waals surface area (Å²) in [6, 6.07) is 1.96. The van der Waals surface area contributed by atoms with Crippen molar-refractivity contribution in [1.29, 1.82) is 0 Å². The van der Waals surface area contributed by atoms with Gasteiger partial charge in [0.2, 0.25) is 0 Å². The second-order valence-corrected chi connectivity index (χ2v) is 4.46. The summed E-state index contributed by atoms with van der Waals surface area (Å²) >= 11 is 0. The summed E-state index contributed by atoms with van der Waals surface area (Å²) in [5, 5.41) is 0. The molecule has 0 bridgehead atoms. The van der Waals surface area contributed by atoms with Gasteiger partial charge in [-0.1, -0.05) is 20.3 Å². The lowest BCUT2D eigenvalue weighted by atomic mass is 10.2. The molecule has 1 heterocycles. The third-order valence-electron chi connectivity index (χ3n) is 3.07. The molecular weight excluding hydrogens is 214 g/mol. The Morgan fingerprint density at radius 1 is 1.53 bits per heavy atom. The second-order valence-electron chi connectivity index (χ2n) is 4.46. The van der Waals surface area contributed by atoms with Gasteiger partial charge >= 0.3 is 0 Å². The molecule has 1 rings (SSSR count). The number of anilines is 1. The van der Waals surface area contributed by atoms with Gasteiger partial charge in [0.25, 0.3) is 5.91 Å². The highest BCUT2D eigenvalue weighted by molar-refractivity contribution is 5.93. The minimum atomic E-state index is 0.0458. The Kier molecular flexibility index (Phi) is 5.07. The van der Waals surface area contributed by atoms with Crippen LogP contribution < -0.4 is 5.73 Å². The largest absolute Gasteiger partial charge is 0.397 e. The van der Waals surface area contributed by atoms with Crippen molar-refractivity contribution in [2.75, 3.05) is 12.3 Å². The van der Waals surface area contributed by atoms with E-state index in [-0.39, 0.29) is 11.9 Å². The summed E-state index contributed by atoms with van der Waals surface area (Å²) in [5.74, 6) is 0.0458. The normalized spacial score (nSPS) is 12.4. The highest BCUT2D eigenvalue weighted by Crippen LogP contribution is 2.13. The molecule has 0 spiro atoms. The summed E-state index contributed by atoms with van der Waals surface area (Å²) in [4.78, 5) is 17.2. The van der Waals surface area contributed by atoms with Gasteiger partial charge in [-0.2, -0.15) is 0 Å². The summed E-state index contributed by atoms with van der Waals surface area (Å²) in [6.45, 7) is 7.12. The van der Waals surface area contributed by atoms with Gasteiger partial charge in [-0.05, 0) is 25.8 Å². The van der Waals surface area contributed by atoms with E-state index < -0.39 is 0 Å². The average molecular weight is 237 g/mol. The lowest BCUT2D eigenvalue weighted by Gasteiger charge is -2.28. The van der Waals surface area contributed by atoms with Crippen LogP contribution in [0.1, 0.15) is 50.5 Å². The summed E-state index contributed by atoms with van der Waals surface area (Å²) < 4.78 is 0. The topological polar surface area (TPSA) is 62.1 Å². The predicted molar refractivity (Wildman–Crippen MR) is 70.9 cm³/mol. The molecule has 0 saturated carbocycles. The Labute approximate surface area is 103 Å². The molecule has 0 fully saturated rings. The Hall–Kier alpha value is -1.45. The van der Waals surface area contributed by atoms with Crippen LogP contribution in [0.5, 0.6) is 0 Å². The van der Waals surface area contributed by atoms with Gasteiger partial charge in [-0.25, -0.2) is 0 Å². The molecule has 1 atom stereocenters. The first kappa shape index (κ1) is 13.6. The maximum Gasteiger partial charge on any atom is 0.270 e. The van der Waals surface area contributed by atoms with Crippen LogP contribution in [0.25, 0.3) is 0 Å². The van der Waals surface area contributed by atoms with E-state index in [0.29, 0.717) is 11.4 Å². The third kappa shape index (κ3) is 3.51. The molecular formula is C13H23N3O. The fourth-order valence-electron chi connectivity index (χ4n) is 1.76. The number of carbonyl (C=O) groups is 1. The number of aromatic nitrogens is 1. The van der Waals surface area contributed by atoms with Gasteiger partial charge < -0.3 is 15.6 Å². The van der Waals surface area contributed by atoms with E-state index in [1.54, 1.807) is 12.3 Å². The van der Waals surface area contributed by atoms with Crippen molar-refractivity contribution < 1.29 is 4.79 Å². The van der Waals surface area contributed by atoms with E-state index >= 15 is 0 Å². The van der Waals surface area contributed by atoms with Gasteiger partial charge in [0, 0.05) is 24.5 Å². The molecule has 1 unspecified atom stereocenters. The number of nitrogen functional groups attached to an aromatic ring is 1. The molecule has 0 aliphatic heterocycles. The van der Waals surface area contributed by atoms with E-state index in [2.05, 4.69) is 25.8 Å². The number of nitrogens with zero attached hydrogens (tertiary/aromatic N) is 1. The van der Waals surface area contributed by atoms with Crippen molar-refractivity contribution in [3.05, 3.63) is 18.0 Å². The first-order valence-corrected chi connectivity index (χ1v) is 6.35. The minimum Gasteiger partial charge on any atom is -0.397 e. The zero-order chi connectivity index (χ0) is 12.8. The quantitative estimate of drug-likeness (QED) is 0.799.